The average molecular weight is 339 g/mol. The van der Waals surface area contributed by atoms with Gasteiger partial charge in [0.15, 0.2) is 0 Å². The molecule has 0 saturated carbocycles. The van der Waals surface area contributed by atoms with Crippen LogP contribution in [0.25, 0.3) is 10.9 Å². The van der Waals surface area contributed by atoms with Crippen molar-refractivity contribution < 1.29 is 4.79 Å². The van der Waals surface area contributed by atoms with E-state index in [0.717, 1.165) is 30.5 Å². The number of hydrogen-bond donors (Lipinski definition) is 0. The van der Waals surface area contributed by atoms with Gasteiger partial charge in [-0.1, -0.05) is 24.6 Å². The van der Waals surface area contributed by atoms with E-state index in [2.05, 4.69) is 11.8 Å². The summed E-state index contributed by atoms with van der Waals surface area (Å²) >= 11 is 0. The number of hydrogen-bond acceptors (Lipinski definition) is 3. The van der Waals surface area contributed by atoms with Crippen molar-refractivity contribution in [1.29, 1.82) is 0 Å². The SMILES string of the molecule is CC1CCCCN1C1CN(C(=O)c2cc3ccccc3n(C)c2=O)C1. The van der Waals surface area contributed by atoms with Crippen LogP contribution in [0.2, 0.25) is 0 Å². The molecule has 0 aliphatic carbocycles. The molecule has 2 aliphatic rings. The summed E-state index contributed by atoms with van der Waals surface area (Å²) in [7, 11) is 1.73. The largest absolute Gasteiger partial charge is 0.335 e. The highest BCUT2D eigenvalue weighted by atomic mass is 16.2. The number of fused-ring (bicyclic) bond motifs is 1. The number of carbonyl (C=O) groups excluding carboxylic acids is 1. The Balaban J connectivity index is 1.54. The molecule has 1 aromatic carbocycles. The number of pyridine rings is 1. The van der Waals surface area contributed by atoms with Crippen molar-refractivity contribution in [3.05, 3.63) is 46.2 Å². The molecule has 2 fully saturated rings. The monoisotopic (exact) mass is 339 g/mol. The molecule has 0 N–H and O–H groups in total. The van der Waals surface area contributed by atoms with E-state index in [1.807, 2.05) is 29.2 Å². The molecule has 3 heterocycles. The van der Waals surface area contributed by atoms with Crippen LogP contribution in [0.3, 0.4) is 0 Å². The highest BCUT2D eigenvalue weighted by molar-refractivity contribution is 5.97. The van der Waals surface area contributed by atoms with E-state index >= 15 is 0 Å². The lowest BCUT2D eigenvalue weighted by Gasteiger charge is -2.49. The van der Waals surface area contributed by atoms with Crippen molar-refractivity contribution in [2.75, 3.05) is 19.6 Å². The normalized spacial score (nSPS) is 22.2. The zero-order valence-electron chi connectivity index (χ0n) is 14.9. The Bertz CT molecular complexity index is 867. The number of piperidine rings is 1. The average Bonchev–Trinajstić information content (AvgIpc) is 2.58. The number of amides is 1. The van der Waals surface area contributed by atoms with Gasteiger partial charge in [0.05, 0.1) is 5.52 Å². The molecular weight excluding hydrogens is 314 g/mol. The van der Waals surface area contributed by atoms with E-state index in [-0.39, 0.29) is 17.0 Å². The zero-order chi connectivity index (χ0) is 17.6. The lowest BCUT2D eigenvalue weighted by molar-refractivity contribution is 0.00202. The van der Waals surface area contributed by atoms with Gasteiger partial charge in [-0.05, 0) is 43.8 Å². The molecule has 2 aromatic rings. The third-order valence-corrected chi connectivity index (χ3v) is 5.84. The number of aryl methyl sites for hydroxylation is 1. The second kappa shape index (κ2) is 6.30. The molecule has 1 atom stereocenters. The van der Waals surface area contributed by atoms with Crippen LogP contribution in [-0.2, 0) is 7.05 Å². The summed E-state index contributed by atoms with van der Waals surface area (Å²) in [6.45, 7) is 4.88. The van der Waals surface area contributed by atoms with Crippen LogP contribution in [0.5, 0.6) is 0 Å². The number of para-hydroxylation sites is 1. The van der Waals surface area contributed by atoms with Crippen molar-refractivity contribution in [1.82, 2.24) is 14.4 Å². The number of aromatic nitrogens is 1. The molecule has 2 aliphatic heterocycles. The summed E-state index contributed by atoms with van der Waals surface area (Å²) in [5.74, 6) is -0.132. The van der Waals surface area contributed by atoms with Crippen molar-refractivity contribution in [2.45, 2.75) is 38.3 Å². The third-order valence-electron chi connectivity index (χ3n) is 5.84. The number of nitrogens with zero attached hydrogens (tertiary/aromatic N) is 3. The molecule has 0 radical (unpaired) electrons. The zero-order valence-corrected chi connectivity index (χ0v) is 14.9. The van der Waals surface area contributed by atoms with Crippen LogP contribution in [0.15, 0.2) is 35.1 Å². The second-order valence-corrected chi connectivity index (χ2v) is 7.43. The fraction of sp³-hybridized carbons (Fsp3) is 0.500. The molecule has 1 aromatic heterocycles. The van der Waals surface area contributed by atoms with E-state index in [4.69, 9.17) is 0 Å². The van der Waals surface area contributed by atoms with Gasteiger partial charge in [-0.2, -0.15) is 0 Å². The Kier molecular flexibility index (Phi) is 4.12. The first-order valence-electron chi connectivity index (χ1n) is 9.20. The molecular formula is C20H25N3O2. The number of carbonyl (C=O) groups is 1. The predicted octanol–water partition coefficient (Wildman–Crippen LogP) is 2.24. The van der Waals surface area contributed by atoms with Gasteiger partial charge in [0.1, 0.15) is 5.56 Å². The summed E-state index contributed by atoms with van der Waals surface area (Å²) in [5, 5.41) is 0.926. The molecule has 0 bridgehead atoms. The van der Waals surface area contributed by atoms with E-state index < -0.39 is 0 Å². The lowest BCUT2D eigenvalue weighted by atomic mass is 9.97. The van der Waals surface area contributed by atoms with Gasteiger partial charge >= 0.3 is 0 Å². The molecule has 132 valence electrons. The van der Waals surface area contributed by atoms with E-state index in [1.54, 1.807) is 17.7 Å². The molecule has 2 saturated heterocycles. The number of likely N-dealkylation sites (tertiary alicyclic amines) is 2. The van der Waals surface area contributed by atoms with Gasteiger partial charge in [0.2, 0.25) is 0 Å². The maximum atomic E-state index is 12.8. The Morgan fingerprint density at radius 1 is 1.16 bits per heavy atom. The van der Waals surface area contributed by atoms with Crippen LogP contribution < -0.4 is 5.56 Å². The van der Waals surface area contributed by atoms with Crippen molar-refractivity contribution >= 4 is 16.8 Å². The molecule has 1 unspecified atom stereocenters. The first-order valence-corrected chi connectivity index (χ1v) is 9.20. The van der Waals surface area contributed by atoms with E-state index in [0.29, 0.717) is 12.1 Å². The van der Waals surface area contributed by atoms with Gasteiger partial charge in [-0.3, -0.25) is 14.5 Å². The smallest absolute Gasteiger partial charge is 0.263 e. The molecule has 1 amide bonds. The maximum Gasteiger partial charge on any atom is 0.263 e. The van der Waals surface area contributed by atoms with E-state index in [1.165, 1.54) is 19.3 Å². The molecule has 4 rings (SSSR count). The van der Waals surface area contributed by atoms with Gasteiger partial charge in [-0.15, -0.1) is 0 Å². The van der Waals surface area contributed by atoms with Gasteiger partial charge < -0.3 is 9.47 Å². The summed E-state index contributed by atoms with van der Waals surface area (Å²) in [6, 6.07) is 10.5. The third kappa shape index (κ3) is 2.76. The summed E-state index contributed by atoms with van der Waals surface area (Å²) < 4.78 is 1.58. The van der Waals surface area contributed by atoms with Gasteiger partial charge in [-0.25, -0.2) is 0 Å². The van der Waals surface area contributed by atoms with Crippen LogP contribution in [0.4, 0.5) is 0 Å². The van der Waals surface area contributed by atoms with Gasteiger partial charge in [0.25, 0.3) is 11.5 Å². The Hall–Kier alpha value is -2.14. The van der Waals surface area contributed by atoms with Crippen LogP contribution in [-0.4, -0.2) is 52.0 Å². The first-order chi connectivity index (χ1) is 12.1. The Morgan fingerprint density at radius 2 is 1.92 bits per heavy atom. The van der Waals surface area contributed by atoms with Gasteiger partial charge in [0, 0.05) is 32.2 Å². The number of rotatable bonds is 2. The molecule has 0 spiro atoms. The minimum Gasteiger partial charge on any atom is -0.335 e. The Morgan fingerprint density at radius 3 is 2.68 bits per heavy atom. The standard InChI is InChI=1S/C20H25N3O2/c1-14-7-5-6-10-23(14)16-12-22(13-16)20(25)17-11-15-8-3-4-9-18(15)21(2)19(17)24/h3-4,8-9,11,14,16H,5-7,10,12-13H2,1-2H3. The molecule has 25 heavy (non-hydrogen) atoms. The van der Waals surface area contributed by atoms with Crippen LogP contribution >= 0.6 is 0 Å². The topological polar surface area (TPSA) is 45.5 Å². The minimum atomic E-state index is -0.210. The highest BCUT2D eigenvalue weighted by Gasteiger charge is 2.38. The van der Waals surface area contributed by atoms with Crippen molar-refractivity contribution in [3.8, 4) is 0 Å². The summed E-state index contributed by atoms with van der Waals surface area (Å²) in [6.07, 6.45) is 3.80. The first kappa shape index (κ1) is 16.3. The quantitative estimate of drug-likeness (QED) is 0.843. The fourth-order valence-electron chi connectivity index (χ4n) is 4.24. The lowest BCUT2D eigenvalue weighted by Crippen LogP contribution is -2.63. The van der Waals surface area contributed by atoms with E-state index in [9.17, 15) is 9.59 Å². The summed E-state index contributed by atoms with van der Waals surface area (Å²) in [5.41, 5.74) is 0.928. The summed E-state index contributed by atoms with van der Waals surface area (Å²) in [4.78, 5) is 29.8. The maximum absolute atomic E-state index is 12.8. The Labute approximate surface area is 147 Å². The fourth-order valence-corrected chi connectivity index (χ4v) is 4.24. The second-order valence-electron chi connectivity index (χ2n) is 7.43. The highest BCUT2D eigenvalue weighted by Crippen LogP contribution is 2.25. The van der Waals surface area contributed by atoms with Crippen LogP contribution in [0, 0.1) is 0 Å². The van der Waals surface area contributed by atoms with Crippen molar-refractivity contribution in [3.63, 3.8) is 0 Å². The van der Waals surface area contributed by atoms with Crippen LogP contribution in [0.1, 0.15) is 36.5 Å². The molecule has 5 heteroatoms. The van der Waals surface area contributed by atoms with Crippen molar-refractivity contribution in [2.24, 2.45) is 7.05 Å². The predicted molar refractivity (Wildman–Crippen MR) is 98.9 cm³/mol. The molecule has 5 nitrogen and oxygen atoms in total. The number of benzene rings is 1. The minimum absolute atomic E-state index is 0.132.